The van der Waals surface area contributed by atoms with E-state index in [1.807, 2.05) is 49.1 Å². The van der Waals surface area contributed by atoms with E-state index >= 15 is 0 Å². The highest BCUT2D eigenvalue weighted by Gasteiger charge is 2.35. The minimum Gasteiger partial charge on any atom is -0.370 e. The lowest BCUT2D eigenvalue weighted by Crippen LogP contribution is -2.46. The van der Waals surface area contributed by atoms with Crippen LogP contribution in [0.3, 0.4) is 0 Å². The van der Waals surface area contributed by atoms with E-state index in [-0.39, 0.29) is 36.9 Å². The van der Waals surface area contributed by atoms with Gasteiger partial charge < -0.3 is 19.1 Å². The van der Waals surface area contributed by atoms with Crippen molar-refractivity contribution in [1.82, 2.24) is 15.0 Å². The summed E-state index contributed by atoms with van der Waals surface area (Å²) < 4.78 is 11.5. The number of ether oxygens (including phenoxy) is 1. The number of carbonyl (C=O) groups is 2. The SMILES string of the molecule is Cc1noc(C)c1CC(=O)N1CC(=O)N(C2CCCCC2)CC(OCc2ccccc2)C1. The molecule has 0 spiro atoms. The van der Waals surface area contributed by atoms with E-state index < -0.39 is 0 Å². The molecule has 2 fully saturated rings. The summed E-state index contributed by atoms with van der Waals surface area (Å²) >= 11 is 0. The molecule has 1 aromatic carbocycles. The molecule has 1 unspecified atom stereocenters. The number of aryl methyl sites for hydroxylation is 2. The van der Waals surface area contributed by atoms with Gasteiger partial charge in [0.05, 0.1) is 31.4 Å². The largest absolute Gasteiger partial charge is 0.370 e. The molecular weight excluding hydrogens is 406 g/mol. The topological polar surface area (TPSA) is 75.9 Å². The molecule has 2 heterocycles. The van der Waals surface area contributed by atoms with Crippen LogP contribution in [0.15, 0.2) is 34.9 Å². The molecular formula is C25H33N3O4. The second kappa shape index (κ2) is 10.3. The zero-order valence-corrected chi connectivity index (χ0v) is 19.1. The first-order valence-corrected chi connectivity index (χ1v) is 11.7. The van der Waals surface area contributed by atoms with Gasteiger partial charge in [0.25, 0.3) is 0 Å². The van der Waals surface area contributed by atoms with Gasteiger partial charge in [0, 0.05) is 24.7 Å². The predicted molar refractivity (Wildman–Crippen MR) is 120 cm³/mol. The van der Waals surface area contributed by atoms with Crippen LogP contribution in [-0.2, 0) is 27.4 Å². The predicted octanol–water partition coefficient (Wildman–Crippen LogP) is 3.42. The van der Waals surface area contributed by atoms with Crippen molar-refractivity contribution in [2.45, 2.75) is 71.1 Å². The van der Waals surface area contributed by atoms with Crippen molar-refractivity contribution in [2.75, 3.05) is 19.6 Å². The highest BCUT2D eigenvalue weighted by Crippen LogP contribution is 2.25. The first-order chi connectivity index (χ1) is 15.5. The van der Waals surface area contributed by atoms with Gasteiger partial charge in [0.1, 0.15) is 5.76 Å². The maximum Gasteiger partial charge on any atom is 0.242 e. The van der Waals surface area contributed by atoms with Crippen LogP contribution in [0.2, 0.25) is 0 Å². The molecule has 0 N–H and O–H groups in total. The van der Waals surface area contributed by atoms with Crippen LogP contribution in [-0.4, -0.2) is 58.6 Å². The Balaban J connectivity index is 1.50. The van der Waals surface area contributed by atoms with Crippen molar-refractivity contribution >= 4 is 11.8 Å². The summed E-state index contributed by atoms with van der Waals surface area (Å²) in [7, 11) is 0. The van der Waals surface area contributed by atoms with Crippen molar-refractivity contribution < 1.29 is 18.8 Å². The fourth-order valence-electron chi connectivity index (χ4n) is 4.79. The Labute approximate surface area is 189 Å². The number of carbonyl (C=O) groups excluding carboxylic acids is 2. The molecule has 0 radical (unpaired) electrons. The Bertz CT molecular complexity index is 901. The van der Waals surface area contributed by atoms with Gasteiger partial charge >= 0.3 is 0 Å². The number of hydrogen-bond donors (Lipinski definition) is 0. The maximum atomic E-state index is 13.2. The Hall–Kier alpha value is -2.67. The van der Waals surface area contributed by atoms with Gasteiger partial charge in [-0.3, -0.25) is 9.59 Å². The molecule has 1 saturated heterocycles. The minimum atomic E-state index is -0.225. The average Bonchev–Trinajstić information content (AvgIpc) is 3.02. The van der Waals surface area contributed by atoms with E-state index in [2.05, 4.69) is 5.16 Å². The molecule has 2 amide bonds. The molecule has 1 aliphatic carbocycles. The molecule has 1 atom stereocenters. The maximum absolute atomic E-state index is 13.2. The molecule has 7 heteroatoms. The van der Waals surface area contributed by atoms with Gasteiger partial charge in [-0.2, -0.15) is 0 Å². The van der Waals surface area contributed by atoms with E-state index in [1.54, 1.807) is 4.90 Å². The van der Waals surface area contributed by atoms with Gasteiger partial charge in [-0.1, -0.05) is 54.8 Å². The average molecular weight is 440 g/mol. The van der Waals surface area contributed by atoms with Gasteiger partial charge in [-0.15, -0.1) is 0 Å². The Morgan fingerprint density at radius 2 is 1.88 bits per heavy atom. The van der Waals surface area contributed by atoms with E-state index in [0.29, 0.717) is 25.5 Å². The molecule has 172 valence electrons. The zero-order valence-electron chi connectivity index (χ0n) is 19.1. The standard InChI is InChI=1S/C25H33N3O4/c1-18-23(19(2)32-26-18)13-24(29)27-14-22(31-17-20-9-5-3-6-10-20)15-28(25(30)16-27)21-11-7-4-8-12-21/h3,5-6,9-10,21-22H,4,7-8,11-17H2,1-2H3. The molecule has 1 aliphatic heterocycles. The van der Waals surface area contributed by atoms with Crippen LogP contribution in [0.5, 0.6) is 0 Å². The Morgan fingerprint density at radius 1 is 1.12 bits per heavy atom. The number of aromatic nitrogens is 1. The summed E-state index contributed by atoms with van der Waals surface area (Å²) in [4.78, 5) is 30.1. The van der Waals surface area contributed by atoms with Crippen LogP contribution >= 0.6 is 0 Å². The number of benzene rings is 1. The third-order valence-corrected chi connectivity index (χ3v) is 6.68. The molecule has 1 saturated carbocycles. The van der Waals surface area contributed by atoms with Crippen LogP contribution in [0, 0.1) is 13.8 Å². The molecule has 0 bridgehead atoms. The number of hydrogen-bond acceptors (Lipinski definition) is 5. The highest BCUT2D eigenvalue weighted by molar-refractivity contribution is 5.86. The first-order valence-electron chi connectivity index (χ1n) is 11.7. The summed E-state index contributed by atoms with van der Waals surface area (Å²) in [6.07, 6.45) is 5.56. The lowest BCUT2D eigenvalue weighted by Gasteiger charge is -2.34. The highest BCUT2D eigenvalue weighted by atomic mass is 16.5. The lowest BCUT2D eigenvalue weighted by atomic mass is 9.94. The van der Waals surface area contributed by atoms with Gasteiger partial charge in [-0.25, -0.2) is 0 Å². The van der Waals surface area contributed by atoms with Crippen molar-refractivity contribution in [3.63, 3.8) is 0 Å². The van der Waals surface area contributed by atoms with Crippen molar-refractivity contribution in [1.29, 1.82) is 0 Å². The fraction of sp³-hybridized carbons (Fsp3) is 0.560. The Morgan fingerprint density at radius 3 is 2.56 bits per heavy atom. The fourth-order valence-corrected chi connectivity index (χ4v) is 4.79. The molecule has 2 aliphatic rings. The second-order valence-corrected chi connectivity index (χ2v) is 9.01. The van der Waals surface area contributed by atoms with Gasteiger partial charge in [-0.05, 0) is 32.3 Å². The molecule has 1 aromatic heterocycles. The zero-order chi connectivity index (χ0) is 22.5. The third kappa shape index (κ3) is 5.38. The molecule has 2 aromatic rings. The second-order valence-electron chi connectivity index (χ2n) is 9.01. The van der Waals surface area contributed by atoms with Crippen LogP contribution in [0.25, 0.3) is 0 Å². The van der Waals surface area contributed by atoms with Gasteiger partial charge in [0.15, 0.2) is 0 Å². The summed E-state index contributed by atoms with van der Waals surface area (Å²) in [5.41, 5.74) is 2.61. The minimum absolute atomic E-state index is 0.0230. The van der Waals surface area contributed by atoms with E-state index in [4.69, 9.17) is 9.26 Å². The number of nitrogens with zero attached hydrogens (tertiary/aromatic N) is 3. The molecule has 4 rings (SSSR count). The normalized spacial score (nSPS) is 20.4. The molecule has 7 nitrogen and oxygen atoms in total. The smallest absolute Gasteiger partial charge is 0.242 e. The van der Waals surface area contributed by atoms with E-state index in [0.717, 1.165) is 42.5 Å². The van der Waals surface area contributed by atoms with Crippen LogP contribution in [0.4, 0.5) is 0 Å². The van der Waals surface area contributed by atoms with Crippen molar-refractivity contribution in [3.8, 4) is 0 Å². The first kappa shape index (κ1) is 22.5. The van der Waals surface area contributed by atoms with Crippen molar-refractivity contribution in [2.24, 2.45) is 0 Å². The number of rotatable bonds is 6. The summed E-state index contributed by atoms with van der Waals surface area (Å²) in [5, 5.41) is 3.95. The van der Waals surface area contributed by atoms with Crippen molar-refractivity contribution in [3.05, 3.63) is 52.9 Å². The third-order valence-electron chi connectivity index (χ3n) is 6.68. The van der Waals surface area contributed by atoms with Crippen LogP contribution < -0.4 is 0 Å². The van der Waals surface area contributed by atoms with Gasteiger partial charge in [0.2, 0.25) is 11.8 Å². The summed E-state index contributed by atoms with van der Waals surface area (Å²) in [5.74, 6) is 0.582. The monoisotopic (exact) mass is 439 g/mol. The van der Waals surface area contributed by atoms with Crippen LogP contribution in [0.1, 0.15) is 54.7 Å². The number of amides is 2. The Kier molecular flexibility index (Phi) is 7.25. The summed E-state index contributed by atoms with van der Waals surface area (Å²) in [6, 6.07) is 10.3. The van der Waals surface area contributed by atoms with E-state index in [9.17, 15) is 9.59 Å². The lowest BCUT2D eigenvalue weighted by molar-refractivity contribution is -0.139. The van der Waals surface area contributed by atoms with E-state index in [1.165, 1.54) is 6.42 Å². The quantitative estimate of drug-likeness (QED) is 0.689. The molecule has 32 heavy (non-hydrogen) atoms. The summed E-state index contributed by atoms with van der Waals surface area (Å²) in [6.45, 7) is 5.15.